The number of methoxy groups -OCH3 is 2. The van der Waals surface area contributed by atoms with E-state index >= 15 is 0 Å². The summed E-state index contributed by atoms with van der Waals surface area (Å²) in [6.07, 6.45) is -0.190. The summed E-state index contributed by atoms with van der Waals surface area (Å²) in [4.78, 5) is 12.0. The van der Waals surface area contributed by atoms with E-state index in [1.165, 1.54) is 0 Å². The molecule has 2 N–H and O–H groups in total. The molecule has 0 aliphatic carbocycles. The van der Waals surface area contributed by atoms with Gasteiger partial charge >= 0.3 is 6.03 Å². The Bertz CT molecular complexity index is 602. The fourth-order valence-electron chi connectivity index (χ4n) is 2.10. The summed E-state index contributed by atoms with van der Waals surface area (Å²) in [5, 5.41) is 5.56. The first-order chi connectivity index (χ1) is 10.7. The van der Waals surface area contributed by atoms with Gasteiger partial charge in [-0.25, -0.2) is 4.79 Å². The van der Waals surface area contributed by atoms with Crippen LogP contribution < -0.4 is 15.4 Å². The number of carbonyl (C=O) groups is 1. The summed E-state index contributed by atoms with van der Waals surface area (Å²) in [5.74, 6) is 0.615. The SMILES string of the molecule is COc1ccccc1NC(=O)NCC(OC)c1ccccc1. The summed E-state index contributed by atoms with van der Waals surface area (Å²) >= 11 is 0. The molecule has 1 unspecified atom stereocenters. The van der Waals surface area contributed by atoms with E-state index in [0.717, 1.165) is 5.56 Å². The zero-order valence-electron chi connectivity index (χ0n) is 12.7. The molecule has 0 heterocycles. The minimum Gasteiger partial charge on any atom is -0.495 e. The van der Waals surface area contributed by atoms with Crippen molar-refractivity contribution in [2.24, 2.45) is 0 Å². The van der Waals surface area contributed by atoms with Gasteiger partial charge < -0.3 is 20.1 Å². The van der Waals surface area contributed by atoms with Crippen LogP contribution in [0.3, 0.4) is 0 Å². The zero-order valence-corrected chi connectivity index (χ0v) is 12.7. The zero-order chi connectivity index (χ0) is 15.8. The first-order valence-corrected chi connectivity index (χ1v) is 7.00. The van der Waals surface area contributed by atoms with Crippen molar-refractivity contribution in [3.63, 3.8) is 0 Å². The minimum absolute atomic E-state index is 0.190. The highest BCUT2D eigenvalue weighted by molar-refractivity contribution is 5.90. The number of hydrogen-bond acceptors (Lipinski definition) is 3. The van der Waals surface area contributed by atoms with Gasteiger partial charge in [0, 0.05) is 13.7 Å². The number of nitrogens with one attached hydrogen (secondary N) is 2. The van der Waals surface area contributed by atoms with Gasteiger partial charge in [-0.15, -0.1) is 0 Å². The first-order valence-electron chi connectivity index (χ1n) is 7.00. The van der Waals surface area contributed by atoms with E-state index in [-0.39, 0.29) is 12.1 Å². The van der Waals surface area contributed by atoms with Crippen LogP contribution >= 0.6 is 0 Å². The van der Waals surface area contributed by atoms with Gasteiger partial charge in [0.2, 0.25) is 0 Å². The molecule has 2 amide bonds. The molecule has 1 atom stereocenters. The van der Waals surface area contributed by atoms with E-state index in [0.29, 0.717) is 18.0 Å². The Morgan fingerprint density at radius 3 is 2.41 bits per heavy atom. The third-order valence-electron chi connectivity index (χ3n) is 3.26. The van der Waals surface area contributed by atoms with Crippen molar-refractivity contribution in [1.29, 1.82) is 0 Å². The lowest BCUT2D eigenvalue weighted by atomic mass is 10.1. The summed E-state index contributed by atoms with van der Waals surface area (Å²) < 4.78 is 10.6. The normalized spacial score (nSPS) is 11.5. The van der Waals surface area contributed by atoms with Gasteiger partial charge in [-0.1, -0.05) is 42.5 Å². The Kier molecular flexibility index (Phi) is 5.80. The van der Waals surface area contributed by atoms with Gasteiger partial charge in [0.1, 0.15) is 5.75 Å². The highest BCUT2D eigenvalue weighted by Crippen LogP contribution is 2.22. The second-order valence-electron chi connectivity index (χ2n) is 4.67. The lowest BCUT2D eigenvalue weighted by molar-refractivity contribution is 0.104. The summed E-state index contributed by atoms with van der Waals surface area (Å²) in [5.41, 5.74) is 1.64. The predicted molar refractivity (Wildman–Crippen MR) is 86.2 cm³/mol. The minimum atomic E-state index is -0.303. The van der Waals surface area contributed by atoms with Crippen LogP contribution in [0.25, 0.3) is 0 Å². The van der Waals surface area contributed by atoms with Crippen molar-refractivity contribution in [3.05, 3.63) is 60.2 Å². The quantitative estimate of drug-likeness (QED) is 0.861. The molecule has 0 bridgehead atoms. The molecule has 0 aromatic heterocycles. The molecule has 0 spiro atoms. The van der Waals surface area contributed by atoms with Crippen molar-refractivity contribution in [1.82, 2.24) is 5.32 Å². The van der Waals surface area contributed by atoms with Crippen LogP contribution in [0, 0.1) is 0 Å². The molecule has 0 aliphatic heterocycles. The van der Waals surface area contributed by atoms with Crippen LogP contribution in [-0.4, -0.2) is 26.8 Å². The van der Waals surface area contributed by atoms with E-state index in [1.807, 2.05) is 42.5 Å². The number of ether oxygens (including phenoxy) is 2. The number of urea groups is 1. The molecule has 0 aliphatic rings. The fourth-order valence-corrected chi connectivity index (χ4v) is 2.10. The van der Waals surface area contributed by atoms with Crippen LogP contribution in [0.2, 0.25) is 0 Å². The molecular formula is C17H20N2O3. The van der Waals surface area contributed by atoms with E-state index in [9.17, 15) is 4.79 Å². The summed E-state index contributed by atoms with van der Waals surface area (Å²) in [7, 11) is 3.19. The Hall–Kier alpha value is -2.53. The average Bonchev–Trinajstić information content (AvgIpc) is 2.57. The van der Waals surface area contributed by atoms with Gasteiger partial charge in [-0.2, -0.15) is 0 Å². The topological polar surface area (TPSA) is 59.6 Å². The molecule has 22 heavy (non-hydrogen) atoms. The maximum absolute atomic E-state index is 12.0. The van der Waals surface area contributed by atoms with Crippen molar-refractivity contribution in [2.75, 3.05) is 26.1 Å². The lowest BCUT2D eigenvalue weighted by Gasteiger charge is -2.17. The molecule has 2 aromatic rings. The third-order valence-corrected chi connectivity index (χ3v) is 3.26. The number of anilines is 1. The van der Waals surface area contributed by atoms with Crippen molar-refractivity contribution in [3.8, 4) is 5.75 Å². The number of benzene rings is 2. The third kappa shape index (κ3) is 4.23. The second-order valence-corrected chi connectivity index (χ2v) is 4.67. The molecule has 0 fully saturated rings. The van der Waals surface area contributed by atoms with Crippen LogP contribution in [0.4, 0.5) is 10.5 Å². The number of para-hydroxylation sites is 2. The van der Waals surface area contributed by atoms with Crippen LogP contribution in [0.5, 0.6) is 5.75 Å². The van der Waals surface area contributed by atoms with Crippen LogP contribution in [-0.2, 0) is 4.74 Å². The molecule has 5 heteroatoms. The van der Waals surface area contributed by atoms with E-state index in [1.54, 1.807) is 26.4 Å². The maximum atomic E-state index is 12.0. The molecule has 0 saturated carbocycles. The van der Waals surface area contributed by atoms with E-state index < -0.39 is 0 Å². The van der Waals surface area contributed by atoms with Crippen molar-refractivity contribution < 1.29 is 14.3 Å². The molecular weight excluding hydrogens is 280 g/mol. The number of hydrogen-bond donors (Lipinski definition) is 2. The molecule has 116 valence electrons. The largest absolute Gasteiger partial charge is 0.495 e. The monoisotopic (exact) mass is 300 g/mol. The van der Waals surface area contributed by atoms with Gasteiger partial charge in [0.25, 0.3) is 0 Å². The standard InChI is InChI=1S/C17H20N2O3/c1-21-15-11-7-6-10-14(15)19-17(20)18-12-16(22-2)13-8-4-3-5-9-13/h3-11,16H,12H2,1-2H3,(H2,18,19,20). The van der Waals surface area contributed by atoms with Gasteiger partial charge in [-0.05, 0) is 17.7 Å². The van der Waals surface area contributed by atoms with Gasteiger partial charge in [-0.3, -0.25) is 0 Å². The average molecular weight is 300 g/mol. The van der Waals surface area contributed by atoms with Crippen LogP contribution in [0.15, 0.2) is 54.6 Å². The Morgan fingerprint density at radius 1 is 1.05 bits per heavy atom. The van der Waals surface area contributed by atoms with Crippen molar-refractivity contribution >= 4 is 11.7 Å². The maximum Gasteiger partial charge on any atom is 0.319 e. The molecule has 5 nitrogen and oxygen atoms in total. The second kappa shape index (κ2) is 8.05. The first kappa shape index (κ1) is 15.9. The Labute approximate surface area is 130 Å². The molecule has 2 aromatic carbocycles. The van der Waals surface area contributed by atoms with Crippen molar-refractivity contribution in [2.45, 2.75) is 6.10 Å². The number of amides is 2. The summed E-state index contributed by atoms with van der Waals surface area (Å²) in [6, 6.07) is 16.7. The lowest BCUT2D eigenvalue weighted by Crippen LogP contribution is -2.33. The Morgan fingerprint density at radius 2 is 1.73 bits per heavy atom. The number of rotatable bonds is 6. The molecule has 0 radical (unpaired) electrons. The summed E-state index contributed by atoms with van der Waals surface area (Å²) in [6.45, 7) is 0.376. The Balaban J connectivity index is 1.92. The van der Waals surface area contributed by atoms with Gasteiger partial charge in [0.05, 0.1) is 18.9 Å². The van der Waals surface area contributed by atoms with Crippen LogP contribution in [0.1, 0.15) is 11.7 Å². The smallest absolute Gasteiger partial charge is 0.319 e. The highest BCUT2D eigenvalue weighted by atomic mass is 16.5. The fraction of sp³-hybridized carbons (Fsp3) is 0.235. The molecule has 0 saturated heterocycles. The number of carbonyl (C=O) groups excluding carboxylic acids is 1. The predicted octanol–water partition coefficient (Wildman–Crippen LogP) is 3.20. The molecule has 2 rings (SSSR count). The van der Waals surface area contributed by atoms with Gasteiger partial charge in [0.15, 0.2) is 0 Å². The van der Waals surface area contributed by atoms with E-state index in [2.05, 4.69) is 10.6 Å². The van der Waals surface area contributed by atoms with E-state index in [4.69, 9.17) is 9.47 Å². The highest BCUT2D eigenvalue weighted by Gasteiger charge is 2.12.